The third kappa shape index (κ3) is 2.62. The fraction of sp³-hybridized carbons (Fsp3) is 0.333. The lowest BCUT2D eigenvalue weighted by Crippen LogP contribution is -2.10. The lowest BCUT2D eigenvalue weighted by Gasteiger charge is -2.07. The van der Waals surface area contributed by atoms with Crippen LogP contribution < -0.4 is 10.5 Å². The van der Waals surface area contributed by atoms with Crippen molar-refractivity contribution >= 4 is 0 Å². The van der Waals surface area contributed by atoms with Gasteiger partial charge in [0.15, 0.2) is 0 Å². The second kappa shape index (κ2) is 5.45. The standard InChI is InChI=1S/C12H16N4O/c1-2-12-15-14-9-16(12)10-3-5-11(6-4-10)17-8-7-13/h3-6,9H,2,7-8,13H2,1H3. The molecule has 0 bridgehead atoms. The highest BCUT2D eigenvalue weighted by atomic mass is 16.5. The minimum Gasteiger partial charge on any atom is -0.492 e. The smallest absolute Gasteiger partial charge is 0.137 e. The Morgan fingerprint density at radius 2 is 2.06 bits per heavy atom. The molecule has 0 radical (unpaired) electrons. The fourth-order valence-electron chi connectivity index (χ4n) is 1.60. The summed E-state index contributed by atoms with van der Waals surface area (Å²) in [7, 11) is 0. The van der Waals surface area contributed by atoms with Crippen molar-refractivity contribution in [1.82, 2.24) is 14.8 Å². The molecule has 0 saturated heterocycles. The van der Waals surface area contributed by atoms with Gasteiger partial charge in [0.25, 0.3) is 0 Å². The molecule has 2 rings (SSSR count). The fourth-order valence-corrected chi connectivity index (χ4v) is 1.60. The van der Waals surface area contributed by atoms with E-state index in [4.69, 9.17) is 10.5 Å². The molecular formula is C12H16N4O. The molecule has 0 aliphatic heterocycles. The van der Waals surface area contributed by atoms with E-state index in [1.54, 1.807) is 6.33 Å². The summed E-state index contributed by atoms with van der Waals surface area (Å²) in [4.78, 5) is 0. The Kier molecular flexibility index (Phi) is 3.72. The van der Waals surface area contributed by atoms with E-state index in [1.807, 2.05) is 28.8 Å². The van der Waals surface area contributed by atoms with E-state index in [2.05, 4.69) is 17.1 Å². The number of benzene rings is 1. The lowest BCUT2D eigenvalue weighted by atomic mass is 10.3. The maximum Gasteiger partial charge on any atom is 0.137 e. The van der Waals surface area contributed by atoms with Gasteiger partial charge in [-0.15, -0.1) is 10.2 Å². The second-order valence-electron chi connectivity index (χ2n) is 3.60. The topological polar surface area (TPSA) is 66.0 Å². The van der Waals surface area contributed by atoms with Gasteiger partial charge < -0.3 is 10.5 Å². The van der Waals surface area contributed by atoms with Crippen LogP contribution in [0.4, 0.5) is 0 Å². The van der Waals surface area contributed by atoms with Crippen molar-refractivity contribution in [3.63, 3.8) is 0 Å². The van der Waals surface area contributed by atoms with E-state index in [9.17, 15) is 0 Å². The molecule has 0 unspecified atom stereocenters. The van der Waals surface area contributed by atoms with Gasteiger partial charge in [0.05, 0.1) is 0 Å². The van der Waals surface area contributed by atoms with Gasteiger partial charge in [0.2, 0.25) is 0 Å². The Morgan fingerprint density at radius 1 is 1.29 bits per heavy atom. The van der Waals surface area contributed by atoms with Crippen molar-refractivity contribution in [2.75, 3.05) is 13.2 Å². The number of hydrogen-bond acceptors (Lipinski definition) is 4. The Hall–Kier alpha value is -1.88. The summed E-state index contributed by atoms with van der Waals surface area (Å²) < 4.78 is 7.38. The zero-order valence-electron chi connectivity index (χ0n) is 9.84. The van der Waals surface area contributed by atoms with E-state index in [0.717, 1.165) is 23.7 Å². The molecule has 0 aliphatic carbocycles. The summed E-state index contributed by atoms with van der Waals surface area (Å²) >= 11 is 0. The highest BCUT2D eigenvalue weighted by Crippen LogP contribution is 2.16. The number of aryl methyl sites for hydroxylation is 1. The minimum atomic E-state index is 0.521. The molecule has 5 heteroatoms. The molecule has 1 aromatic carbocycles. The number of rotatable bonds is 5. The van der Waals surface area contributed by atoms with Crippen LogP contribution in [0.15, 0.2) is 30.6 Å². The molecule has 1 aromatic heterocycles. The molecule has 0 fully saturated rings. The van der Waals surface area contributed by atoms with Crippen LogP contribution in [-0.4, -0.2) is 27.9 Å². The first-order chi connectivity index (χ1) is 8.35. The molecule has 1 heterocycles. The monoisotopic (exact) mass is 232 g/mol. The molecular weight excluding hydrogens is 216 g/mol. The molecule has 0 saturated carbocycles. The first-order valence-corrected chi connectivity index (χ1v) is 5.67. The van der Waals surface area contributed by atoms with Gasteiger partial charge in [-0.3, -0.25) is 4.57 Å². The number of nitrogens with zero attached hydrogens (tertiary/aromatic N) is 3. The molecule has 2 aromatic rings. The van der Waals surface area contributed by atoms with Crippen LogP contribution in [0.2, 0.25) is 0 Å². The third-order valence-corrected chi connectivity index (χ3v) is 2.44. The summed E-state index contributed by atoms with van der Waals surface area (Å²) in [6.07, 6.45) is 2.57. The molecule has 90 valence electrons. The van der Waals surface area contributed by atoms with Crippen LogP contribution >= 0.6 is 0 Å². The van der Waals surface area contributed by atoms with E-state index in [1.165, 1.54) is 0 Å². The highest BCUT2D eigenvalue weighted by Gasteiger charge is 2.03. The molecule has 0 spiro atoms. The van der Waals surface area contributed by atoms with Gasteiger partial charge in [-0.1, -0.05) is 6.92 Å². The van der Waals surface area contributed by atoms with Gasteiger partial charge in [-0.2, -0.15) is 0 Å². The number of aromatic nitrogens is 3. The van der Waals surface area contributed by atoms with Gasteiger partial charge >= 0.3 is 0 Å². The van der Waals surface area contributed by atoms with E-state index in [0.29, 0.717) is 13.2 Å². The predicted molar refractivity (Wildman–Crippen MR) is 65.3 cm³/mol. The van der Waals surface area contributed by atoms with E-state index in [-0.39, 0.29) is 0 Å². The first kappa shape index (κ1) is 11.6. The SMILES string of the molecule is CCc1nncn1-c1ccc(OCCN)cc1. The average Bonchev–Trinajstić information content (AvgIpc) is 2.85. The van der Waals surface area contributed by atoms with Crippen LogP contribution in [0.3, 0.4) is 0 Å². The second-order valence-corrected chi connectivity index (χ2v) is 3.60. The van der Waals surface area contributed by atoms with Gasteiger partial charge in [-0.25, -0.2) is 0 Å². The van der Waals surface area contributed by atoms with Crippen LogP contribution in [0.25, 0.3) is 5.69 Å². The van der Waals surface area contributed by atoms with Crippen LogP contribution in [0.1, 0.15) is 12.7 Å². The zero-order valence-corrected chi connectivity index (χ0v) is 9.84. The van der Waals surface area contributed by atoms with E-state index >= 15 is 0 Å². The molecule has 0 aliphatic rings. The van der Waals surface area contributed by atoms with Crippen molar-refractivity contribution in [2.45, 2.75) is 13.3 Å². The molecule has 17 heavy (non-hydrogen) atoms. The third-order valence-electron chi connectivity index (χ3n) is 2.44. The van der Waals surface area contributed by atoms with Crippen LogP contribution in [0, 0.1) is 0 Å². The van der Waals surface area contributed by atoms with Crippen LogP contribution in [0.5, 0.6) is 5.75 Å². The Bertz CT molecular complexity index is 464. The van der Waals surface area contributed by atoms with Gasteiger partial charge in [0.1, 0.15) is 24.5 Å². The Balaban J connectivity index is 2.17. The van der Waals surface area contributed by atoms with Crippen molar-refractivity contribution in [3.05, 3.63) is 36.4 Å². The van der Waals surface area contributed by atoms with Crippen LogP contribution in [-0.2, 0) is 6.42 Å². The summed E-state index contributed by atoms with van der Waals surface area (Å²) in [5.41, 5.74) is 6.41. The summed E-state index contributed by atoms with van der Waals surface area (Å²) in [5, 5.41) is 7.95. The molecule has 0 atom stereocenters. The number of hydrogen-bond donors (Lipinski definition) is 1. The minimum absolute atomic E-state index is 0.521. The van der Waals surface area contributed by atoms with Crippen molar-refractivity contribution in [1.29, 1.82) is 0 Å². The molecule has 5 nitrogen and oxygen atoms in total. The predicted octanol–water partition coefficient (Wildman–Crippen LogP) is 1.17. The summed E-state index contributed by atoms with van der Waals surface area (Å²) in [6.45, 7) is 3.11. The van der Waals surface area contributed by atoms with Crippen molar-refractivity contribution < 1.29 is 4.74 Å². The van der Waals surface area contributed by atoms with Crippen molar-refractivity contribution in [3.8, 4) is 11.4 Å². The summed E-state index contributed by atoms with van der Waals surface area (Å²) in [6, 6.07) is 7.80. The van der Waals surface area contributed by atoms with Gasteiger partial charge in [-0.05, 0) is 24.3 Å². The maximum absolute atomic E-state index is 5.42. The average molecular weight is 232 g/mol. The lowest BCUT2D eigenvalue weighted by molar-refractivity contribution is 0.328. The first-order valence-electron chi connectivity index (χ1n) is 5.67. The Morgan fingerprint density at radius 3 is 2.71 bits per heavy atom. The highest BCUT2D eigenvalue weighted by molar-refractivity contribution is 5.37. The normalized spacial score (nSPS) is 10.5. The number of ether oxygens (including phenoxy) is 1. The zero-order chi connectivity index (χ0) is 12.1. The largest absolute Gasteiger partial charge is 0.492 e. The van der Waals surface area contributed by atoms with Crippen molar-refractivity contribution in [2.24, 2.45) is 5.73 Å². The van der Waals surface area contributed by atoms with E-state index < -0.39 is 0 Å². The summed E-state index contributed by atoms with van der Waals surface area (Å²) in [5.74, 6) is 1.77. The quantitative estimate of drug-likeness (QED) is 0.840. The Labute approximate surface area is 100 Å². The van der Waals surface area contributed by atoms with Gasteiger partial charge in [0, 0.05) is 18.7 Å². The molecule has 2 N–H and O–H groups in total. The molecule has 0 amide bonds. The number of nitrogens with two attached hydrogens (primary N) is 1. The maximum atomic E-state index is 5.42.